The SMILES string of the molecule is N#Cc1c(F)cccc1N1CCN(CCOCCOc2ccccc2)CC1. The van der Waals surface area contributed by atoms with Crippen LogP contribution in [0.3, 0.4) is 0 Å². The fourth-order valence-electron chi connectivity index (χ4n) is 3.13. The molecule has 1 saturated heterocycles. The first-order valence-corrected chi connectivity index (χ1v) is 9.19. The Hall–Kier alpha value is -2.62. The largest absolute Gasteiger partial charge is 0.491 e. The van der Waals surface area contributed by atoms with Crippen LogP contribution in [0.2, 0.25) is 0 Å². The third kappa shape index (κ3) is 5.43. The van der Waals surface area contributed by atoms with Crippen molar-refractivity contribution in [2.24, 2.45) is 0 Å². The lowest BCUT2D eigenvalue weighted by atomic mass is 10.1. The molecular weight excluding hydrogens is 345 g/mol. The zero-order valence-electron chi connectivity index (χ0n) is 15.3. The number of benzene rings is 2. The maximum atomic E-state index is 13.8. The summed E-state index contributed by atoms with van der Waals surface area (Å²) in [5.74, 6) is 0.398. The summed E-state index contributed by atoms with van der Waals surface area (Å²) in [5, 5.41) is 9.19. The van der Waals surface area contributed by atoms with Gasteiger partial charge in [0.2, 0.25) is 0 Å². The van der Waals surface area contributed by atoms with Gasteiger partial charge >= 0.3 is 0 Å². The van der Waals surface area contributed by atoms with E-state index in [4.69, 9.17) is 9.47 Å². The number of hydrogen-bond acceptors (Lipinski definition) is 5. The van der Waals surface area contributed by atoms with Gasteiger partial charge in [0.1, 0.15) is 29.8 Å². The molecule has 2 aromatic carbocycles. The van der Waals surface area contributed by atoms with Crippen molar-refractivity contribution in [2.75, 3.05) is 57.4 Å². The van der Waals surface area contributed by atoms with Crippen molar-refractivity contribution in [1.29, 1.82) is 5.26 Å². The first-order valence-electron chi connectivity index (χ1n) is 9.19. The Morgan fingerprint density at radius 1 is 0.926 bits per heavy atom. The monoisotopic (exact) mass is 369 g/mol. The minimum Gasteiger partial charge on any atom is -0.491 e. The van der Waals surface area contributed by atoms with Crippen molar-refractivity contribution in [3.63, 3.8) is 0 Å². The number of anilines is 1. The maximum absolute atomic E-state index is 13.8. The van der Waals surface area contributed by atoms with Gasteiger partial charge in [-0.15, -0.1) is 0 Å². The van der Waals surface area contributed by atoms with Crippen molar-refractivity contribution in [2.45, 2.75) is 0 Å². The van der Waals surface area contributed by atoms with Gasteiger partial charge in [-0.25, -0.2) is 4.39 Å². The van der Waals surface area contributed by atoms with Crippen LogP contribution in [0.15, 0.2) is 48.5 Å². The van der Waals surface area contributed by atoms with E-state index in [0.717, 1.165) is 38.5 Å². The number of hydrogen-bond donors (Lipinski definition) is 0. The lowest BCUT2D eigenvalue weighted by Crippen LogP contribution is -2.47. The highest BCUT2D eigenvalue weighted by Gasteiger charge is 2.20. The topological polar surface area (TPSA) is 48.7 Å². The first-order chi connectivity index (χ1) is 13.3. The first kappa shape index (κ1) is 19.2. The van der Waals surface area contributed by atoms with Crippen LogP contribution in [0, 0.1) is 17.1 Å². The van der Waals surface area contributed by atoms with Crippen LogP contribution in [0.5, 0.6) is 5.75 Å². The third-order valence-electron chi connectivity index (χ3n) is 4.61. The van der Waals surface area contributed by atoms with E-state index < -0.39 is 5.82 Å². The van der Waals surface area contributed by atoms with Gasteiger partial charge in [0.25, 0.3) is 0 Å². The number of nitriles is 1. The fourth-order valence-corrected chi connectivity index (χ4v) is 3.13. The minimum absolute atomic E-state index is 0.132. The Kier molecular flexibility index (Phi) is 7.03. The van der Waals surface area contributed by atoms with E-state index >= 15 is 0 Å². The highest BCUT2D eigenvalue weighted by atomic mass is 19.1. The number of halogens is 1. The molecule has 0 spiro atoms. The van der Waals surface area contributed by atoms with Crippen LogP contribution in [-0.4, -0.2) is 57.4 Å². The molecule has 2 aromatic rings. The molecule has 0 amide bonds. The molecule has 1 aliphatic rings. The van der Waals surface area contributed by atoms with Gasteiger partial charge in [-0.05, 0) is 24.3 Å². The summed E-state index contributed by atoms with van der Waals surface area (Å²) < 4.78 is 25.0. The lowest BCUT2D eigenvalue weighted by Gasteiger charge is -2.36. The standard InChI is InChI=1S/C21H24FN3O2/c22-20-7-4-8-21(19(20)17-23)25-11-9-24(10-12-25)13-14-26-15-16-27-18-5-2-1-3-6-18/h1-8H,9-16H2. The third-order valence-corrected chi connectivity index (χ3v) is 4.61. The smallest absolute Gasteiger partial charge is 0.143 e. The van der Waals surface area contributed by atoms with E-state index in [9.17, 15) is 9.65 Å². The Morgan fingerprint density at radius 3 is 2.44 bits per heavy atom. The number of piperazine rings is 1. The van der Waals surface area contributed by atoms with Gasteiger partial charge in [-0.1, -0.05) is 24.3 Å². The van der Waals surface area contributed by atoms with Gasteiger partial charge < -0.3 is 14.4 Å². The second-order valence-corrected chi connectivity index (χ2v) is 6.35. The normalized spacial score (nSPS) is 14.7. The molecule has 0 aromatic heterocycles. The van der Waals surface area contributed by atoms with Crippen molar-refractivity contribution < 1.29 is 13.9 Å². The second kappa shape index (κ2) is 9.91. The van der Waals surface area contributed by atoms with E-state index in [1.165, 1.54) is 6.07 Å². The van der Waals surface area contributed by atoms with Gasteiger partial charge in [0, 0.05) is 32.7 Å². The van der Waals surface area contributed by atoms with Gasteiger partial charge in [-0.2, -0.15) is 5.26 Å². The van der Waals surface area contributed by atoms with E-state index in [1.54, 1.807) is 6.07 Å². The highest BCUT2D eigenvalue weighted by Crippen LogP contribution is 2.23. The van der Waals surface area contributed by atoms with E-state index in [2.05, 4.69) is 9.80 Å². The minimum atomic E-state index is -0.455. The highest BCUT2D eigenvalue weighted by molar-refractivity contribution is 5.60. The average Bonchev–Trinajstić information content (AvgIpc) is 2.71. The Morgan fingerprint density at radius 2 is 1.70 bits per heavy atom. The average molecular weight is 369 g/mol. The Bertz CT molecular complexity index is 756. The van der Waals surface area contributed by atoms with Crippen LogP contribution < -0.4 is 9.64 Å². The van der Waals surface area contributed by atoms with Gasteiger partial charge in [0.15, 0.2) is 0 Å². The summed E-state index contributed by atoms with van der Waals surface area (Å²) in [7, 11) is 0. The molecule has 3 rings (SSSR count). The number of rotatable bonds is 8. The quantitative estimate of drug-likeness (QED) is 0.670. The van der Waals surface area contributed by atoms with Crippen LogP contribution in [0.4, 0.5) is 10.1 Å². The molecular formula is C21H24FN3O2. The molecule has 1 heterocycles. The second-order valence-electron chi connectivity index (χ2n) is 6.35. The summed E-state index contributed by atoms with van der Waals surface area (Å²) in [6.07, 6.45) is 0. The molecule has 142 valence electrons. The molecule has 27 heavy (non-hydrogen) atoms. The molecule has 0 aliphatic carbocycles. The van der Waals surface area contributed by atoms with Crippen molar-refractivity contribution in [3.8, 4) is 11.8 Å². The summed E-state index contributed by atoms with van der Waals surface area (Å²) in [6.45, 7) is 5.88. The summed E-state index contributed by atoms with van der Waals surface area (Å²) in [5.41, 5.74) is 0.819. The van der Waals surface area contributed by atoms with Crippen LogP contribution in [-0.2, 0) is 4.74 Å². The lowest BCUT2D eigenvalue weighted by molar-refractivity contribution is 0.0783. The Labute approximate surface area is 159 Å². The van der Waals surface area contributed by atoms with Crippen molar-refractivity contribution >= 4 is 5.69 Å². The molecule has 0 bridgehead atoms. The van der Waals surface area contributed by atoms with Crippen molar-refractivity contribution in [3.05, 3.63) is 59.9 Å². The van der Waals surface area contributed by atoms with E-state index in [-0.39, 0.29) is 5.56 Å². The van der Waals surface area contributed by atoms with Crippen LogP contribution in [0.1, 0.15) is 5.56 Å². The fraction of sp³-hybridized carbons (Fsp3) is 0.381. The van der Waals surface area contributed by atoms with E-state index in [0.29, 0.717) is 25.5 Å². The predicted octanol–water partition coefficient (Wildman–Crippen LogP) is 2.91. The predicted molar refractivity (Wildman–Crippen MR) is 103 cm³/mol. The molecule has 5 nitrogen and oxygen atoms in total. The summed E-state index contributed by atoms with van der Waals surface area (Å²) >= 11 is 0. The van der Waals surface area contributed by atoms with Crippen molar-refractivity contribution in [1.82, 2.24) is 4.90 Å². The molecule has 0 radical (unpaired) electrons. The zero-order chi connectivity index (χ0) is 18.9. The van der Waals surface area contributed by atoms with E-state index in [1.807, 2.05) is 42.5 Å². The molecule has 0 unspecified atom stereocenters. The molecule has 6 heteroatoms. The number of ether oxygens (including phenoxy) is 2. The van der Waals surface area contributed by atoms with Crippen LogP contribution >= 0.6 is 0 Å². The molecule has 1 aliphatic heterocycles. The molecule has 1 fully saturated rings. The molecule has 0 saturated carbocycles. The summed E-state index contributed by atoms with van der Waals surface area (Å²) in [6, 6.07) is 16.5. The number of para-hydroxylation sites is 1. The zero-order valence-corrected chi connectivity index (χ0v) is 15.3. The Balaban J connectivity index is 1.33. The van der Waals surface area contributed by atoms with Gasteiger partial charge in [0.05, 0.1) is 18.9 Å². The maximum Gasteiger partial charge on any atom is 0.143 e. The summed E-state index contributed by atoms with van der Waals surface area (Å²) in [4.78, 5) is 4.40. The van der Waals surface area contributed by atoms with Crippen LogP contribution in [0.25, 0.3) is 0 Å². The van der Waals surface area contributed by atoms with Gasteiger partial charge in [-0.3, -0.25) is 4.90 Å². The number of nitrogens with zero attached hydrogens (tertiary/aromatic N) is 3. The molecule has 0 atom stereocenters. The molecule has 0 N–H and O–H groups in total.